The van der Waals surface area contributed by atoms with Crippen LogP contribution in [0.15, 0.2) is 34.6 Å². The maximum absolute atomic E-state index is 5.91. The average Bonchev–Trinajstić information content (AvgIpc) is 2.97. The minimum Gasteiger partial charge on any atom is -0.491 e. The highest BCUT2D eigenvalue weighted by molar-refractivity contribution is 7.09. The average molecular weight is 332 g/mol. The van der Waals surface area contributed by atoms with E-state index in [-0.39, 0.29) is 6.10 Å². The van der Waals surface area contributed by atoms with E-state index in [4.69, 9.17) is 10.5 Å². The zero-order valence-corrected chi connectivity index (χ0v) is 14.7. The van der Waals surface area contributed by atoms with Crippen LogP contribution in [-0.2, 0) is 12.8 Å². The highest BCUT2D eigenvalue weighted by Gasteiger charge is 2.01. The summed E-state index contributed by atoms with van der Waals surface area (Å²) in [5.41, 5.74) is 7.88. The number of aryl methyl sites for hydroxylation is 1. The quantitative estimate of drug-likeness (QED) is 0.601. The van der Waals surface area contributed by atoms with Gasteiger partial charge in [0.05, 0.1) is 16.8 Å². The van der Waals surface area contributed by atoms with Gasteiger partial charge in [-0.25, -0.2) is 4.98 Å². The van der Waals surface area contributed by atoms with Crippen LogP contribution in [0, 0.1) is 0 Å². The van der Waals surface area contributed by atoms with E-state index >= 15 is 0 Å². The molecule has 1 aromatic carbocycles. The summed E-state index contributed by atoms with van der Waals surface area (Å²) in [7, 11) is 0. The molecule has 0 bridgehead atoms. The first-order valence-electron chi connectivity index (χ1n) is 7.83. The number of nitrogens with two attached hydrogens (primary N) is 1. The molecule has 0 unspecified atom stereocenters. The van der Waals surface area contributed by atoms with Crippen molar-refractivity contribution in [3.8, 4) is 5.75 Å². The number of benzene rings is 1. The van der Waals surface area contributed by atoms with Gasteiger partial charge in [-0.15, -0.1) is 11.3 Å². The number of hydrogen-bond donors (Lipinski definition) is 2. The fraction of sp³-hybridized carbons (Fsp3) is 0.412. The summed E-state index contributed by atoms with van der Waals surface area (Å²) in [6.07, 6.45) is 1.95. The summed E-state index contributed by atoms with van der Waals surface area (Å²) in [5, 5.41) is 6.33. The Bertz CT molecular complexity index is 634. The van der Waals surface area contributed by atoms with Crippen LogP contribution < -0.4 is 15.8 Å². The molecule has 0 aliphatic rings. The molecule has 1 heterocycles. The molecule has 0 saturated heterocycles. The fourth-order valence-electron chi connectivity index (χ4n) is 1.99. The molecule has 2 rings (SSSR count). The van der Waals surface area contributed by atoms with Crippen molar-refractivity contribution in [1.82, 2.24) is 4.98 Å². The van der Waals surface area contributed by atoms with E-state index in [0.29, 0.717) is 12.5 Å². The maximum Gasteiger partial charge on any atom is 0.193 e. The predicted molar refractivity (Wildman–Crippen MR) is 97.5 cm³/mol. The monoisotopic (exact) mass is 332 g/mol. The van der Waals surface area contributed by atoms with Gasteiger partial charge in [0.25, 0.3) is 0 Å². The lowest BCUT2D eigenvalue weighted by Gasteiger charge is -2.10. The van der Waals surface area contributed by atoms with Crippen LogP contribution in [0.3, 0.4) is 0 Å². The lowest BCUT2D eigenvalue weighted by molar-refractivity contribution is 0.242. The first kappa shape index (κ1) is 17.3. The zero-order chi connectivity index (χ0) is 16.7. The number of nitrogens with one attached hydrogen (secondary N) is 1. The van der Waals surface area contributed by atoms with Crippen molar-refractivity contribution in [2.24, 2.45) is 10.7 Å². The Labute approximate surface area is 141 Å². The summed E-state index contributed by atoms with van der Waals surface area (Å²) in [4.78, 5) is 8.85. The molecule has 0 spiro atoms. The second kappa shape index (κ2) is 8.53. The summed E-state index contributed by atoms with van der Waals surface area (Å²) >= 11 is 1.70. The Hall–Kier alpha value is -2.08. The summed E-state index contributed by atoms with van der Waals surface area (Å²) in [6, 6.07) is 7.68. The van der Waals surface area contributed by atoms with Crippen LogP contribution in [0.4, 0.5) is 5.69 Å². The molecule has 0 atom stereocenters. The molecule has 124 valence electrons. The molecule has 0 amide bonds. The molecule has 0 saturated carbocycles. The van der Waals surface area contributed by atoms with E-state index in [1.165, 1.54) is 5.01 Å². The maximum atomic E-state index is 5.91. The van der Waals surface area contributed by atoms with E-state index in [2.05, 4.69) is 27.6 Å². The standard InChI is InChI=1S/C17H24N4OS/c1-4-16-20-14(11-23-16)9-10-19-17(18)21-13-5-7-15(8-6-13)22-12(2)3/h5-8,11-12H,4,9-10H2,1-3H3,(H3,18,19,21). The Morgan fingerprint density at radius 2 is 2.09 bits per heavy atom. The van der Waals surface area contributed by atoms with Gasteiger partial charge in [0, 0.05) is 24.0 Å². The van der Waals surface area contributed by atoms with Crippen LogP contribution in [-0.4, -0.2) is 23.6 Å². The fourth-order valence-corrected chi connectivity index (χ4v) is 2.77. The molecule has 6 heteroatoms. The molecular weight excluding hydrogens is 308 g/mol. The summed E-state index contributed by atoms with van der Waals surface area (Å²) < 4.78 is 5.60. The Balaban J connectivity index is 1.81. The molecular formula is C17H24N4OS. The Kier molecular flexibility index (Phi) is 6.40. The minimum atomic E-state index is 0.166. The lowest BCUT2D eigenvalue weighted by Crippen LogP contribution is -2.23. The zero-order valence-electron chi connectivity index (χ0n) is 13.9. The highest BCUT2D eigenvalue weighted by atomic mass is 32.1. The third kappa shape index (κ3) is 5.90. The molecule has 5 nitrogen and oxygen atoms in total. The Morgan fingerprint density at radius 1 is 1.35 bits per heavy atom. The number of guanidine groups is 1. The number of aromatic nitrogens is 1. The van der Waals surface area contributed by atoms with Crippen LogP contribution >= 0.6 is 11.3 Å². The van der Waals surface area contributed by atoms with Gasteiger partial charge in [0.1, 0.15) is 5.75 Å². The normalized spacial score (nSPS) is 11.7. The highest BCUT2D eigenvalue weighted by Crippen LogP contribution is 2.16. The first-order valence-corrected chi connectivity index (χ1v) is 8.71. The van der Waals surface area contributed by atoms with Crippen molar-refractivity contribution in [2.75, 3.05) is 11.9 Å². The molecule has 0 aliphatic heterocycles. The van der Waals surface area contributed by atoms with E-state index in [0.717, 1.165) is 30.0 Å². The van der Waals surface area contributed by atoms with E-state index in [1.54, 1.807) is 11.3 Å². The molecule has 23 heavy (non-hydrogen) atoms. The van der Waals surface area contributed by atoms with Gasteiger partial charge in [0.15, 0.2) is 5.96 Å². The number of thiazole rings is 1. The van der Waals surface area contributed by atoms with E-state index in [1.807, 2.05) is 38.1 Å². The third-order valence-electron chi connectivity index (χ3n) is 3.05. The van der Waals surface area contributed by atoms with Crippen molar-refractivity contribution in [3.05, 3.63) is 40.3 Å². The van der Waals surface area contributed by atoms with Crippen LogP contribution in [0.25, 0.3) is 0 Å². The van der Waals surface area contributed by atoms with Gasteiger partial charge < -0.3 is 15.8 Å². The second-order valence-corrected chi connectivity index (χ2v) is 6.36. The molecule has 0 aliphatic carbocycles. The molecule has 1 aromatic heterocycles. The van der Waals surface area contributed by atoms with Crippen LogP contribution in [0.5, 0.6) is 5.75 Å². The molecule has 0 fully saturated rings. The second-order valence-electron chi connectivity index (χ2n) is 5.42. The minimum absolute atomic E-state index is 0.166. The van der Waals surface area contributed by atoms with Crippen molar-refractivity contribution >= 4 is 23.0 Å². The number of nitrogens with zero attached hydrogens (tertiary/aromatic N) is 2. The van der Waals surface area contributed by atoms with Gasteiger partial charge in [-0.05, 0) is 44.5 Å². The van der Waals surface area contributed by atoms with Crippen LogP contribution in [0.2, 0.25) is 0 Å². The lowest BCUT2D eigenvalue weighted by atomic mass is 10.3. The summed E-state index contributed by atoms with van der Waals surface area (Å²) in [5.74, 6) is 1.25. The number of anilines is 1. The summed E-state index contributed by atoms with van der Waals surface area (Å²) in [6.45, 7) is 6.74. The smallest absolute Gasteiger partial charge is 0.193 e. The van der Waals surface area contributed by atoms with Crippen molar-refractivity contribution in [2.45, 2.75) is 39.7 Å². The van der Waals surface area contributed by atoms with E-state index in [9.17, 15) is 0 Å². The van der Waals surface area contributed by atoms with Crippen molar-refractivity contribution in [3.63, 3.8) is 0 Å². The molecule has 2 aromatic rings. The van der Waals surface area contributed by atoms with Crippen molar-refractivity contribution < 1.29 is 4.74 Å². The van der Waals surface area contributed by atoms with Gasteiger partial charge in [0.2, 0.25) is 0 Å². The van der Waals surface area contributed by atoms with Crippen molar-refractivity contribution in [1.29, 1.82) is 0 Å². The number of aliphatic imine (C=N–C) groups is 1. The van der Waals surface area contributed by atoms with E-state index < -0.39 is 0 Å². The predicted octanol–water partition coefficient (Wildman–Crippen LogP) is 3.46. The van der Waals surface area contributed by atoms with Gasteiger partial charge in [-0.3, -0.25) is 4.99 Å². The first-order chi connectivity index (χ1) is 11.1. The van der Waals surface area contributed by atoms with Crippen LogP contribution in [0.1, 0.15) is 31.5 Å². The SMILES string of the molecule is CCc1nc(CCN=C(N)Nc2ccc(OC(C)C)cc2)cs1. The van der Waals surface area contributed by atoms with Gasteiger partial charge in [-0.1, -0.05) is 6.92 Å². The molecule has 0 radical (unpaired) electrons. The third-order valence-corrected chi connectivity index (χ3v) is 4.09. The number of hydrogen-bond acceptors (Lipinski definition) is 4. The number of ether oxygens (including phenoxy) is 1. The largest absolute Gasteiger partial charge is 0.491 e. The van der Waals surface area contributed by atoms with Gasteiger partial charge >= 0.3 is 0 Å². The topological polar surface area (TPSA) is 72.5 Å². The molecule has 3 N–H and O–H groups in total. The Morgan fingerprint density at radius 3 is 2.70 bits per heavy atom. The number of rotatable bonds is 7. The van der Waals surface area contributed by atoms with Gasteiger partial charge in [-0.2, -0.15) is 0 Å².